The molecule has 0 aliphatic rings. The molecule has 2 atom stereocenters. The van der Waals surface area contributed by atoms with E-state index in [4.69, 9.17) is 4.74 Å². The van der Waals surface area contributed by atoms with Crippen molar-refractivity contribution in [2.75, 3.05) is 19.4 Å². The maximum atomic E-state index is 11.8. The zero-order chi connectivity index (χ0) is 14.4. The molecule has 1 aromatic carbocycles. The van der Waals surface area contributed by atoms with Gasteiger partial charge in [0.2, 0.25) is 5.91 Å². The topological polar surface area (TPSA) is 41.6 Å². The van der Waals surface area contributed by atoms with Crippen molar-refractivity contribution in [1.82, 2.24) is 4.90 Å². The van der Waals surface area contributed by atoms with Crippen molar-refractivity contribution < 1.29 is 9.53 Å². The number of nitrogens with zero attached hydrogens (tertiary/aromatic N) is 1. The van der Waals surface area contributed by atoms with Gasteiger partial charge < -0.3 is 15.0 Å². The summed E-state index contributed by atoms with van der Waals surface area (Å²) in [6, 6.07) is 7.45. The summed E-state index contributed by atoms with van der Waals surface area (Å²) in [7, 11) is 3.51. The minimum absolute atomic E-state index is 0.0493. The van der Waals surface area contributed by atoms with E-state index in [2.05, 4.69) is 12.2 Å². The molecular weight excluding hydrogens is 240 g/mol. The molecule has 0 aliphatic carbocycles. The summed E-state index contributed by atoms with van der Waals surface area (Å²) in [6.45, 7) is 5.98. The Morgan fingerprint density at radius 2 is 2.05 bits per heavy atom. The third-order valence-electron chi connectivity index (χ3n) is 2.94. The predicted octanol–water partition coefficient (Wildman–Crippen LogP) is 2.75. The molecule has 1 rings (SSSR count). The van der Waals surface area contributed by atoms with E-state index in [-0.39, 0.29) is 18.1 Å². The molecule has 0 aliphatic heterocycles. The molecule has 0 saturated carbocycles. The molecule has 19 heavy (non-hydrogen) atoms. The molecule has 0 radical (unpaired) electrons. The van der Waals surface area contributed by atoms with Gasteiger partial charge in [0.15, 0.2) is 0 Å². The fourth-order valence-corrected chi connectivity index (χ4v) is 1.67. The van der Waals surface area contributed by atoms with E-state index >= 15 is 0 Å². The van der Waals surface area contributed by atoms with Crippen molar-refractivity contribution in [3.8, 4) is 5.75 Å². The molecule has 0 bridgehead atoms. The lowest BCUT2D eigenvalue weighted by Gasteiger charge is -2.20. The third kappa shape index (κ3) is 4.81. The highest BCUT2D eigenvalue weighted by atomic mass is 16.5. The zero-order valence-electron chi connectivity index (χ0n) is 12.4. The van der Waals surface area contributed by atoms with Crippen molar-refractivity contribution in [3.63, 3.8) is 0 Å². The van der Waals surface area contributed by atoms with Gasteiger partial charge in [-0.05, 0) is 32.4 Å². The lowest BCUT2D eigenvalue weighted by atomic mass is 10.2. The van der Waals surface area contributed by atoms with Gasteiger partial charge in [0.1, 0.15) is 11.8 Å². The Kier molecular flexibility index (Phi) is 5.67. The summed E-state index contributed by atoms with van der Waals surface area (Å²) >= 11 is 0. The first-order valence-corrected chi connectivity index (χ1v) is 6.68. The highest BCUT2D eigenvalue weighted by Gasteiger charge is 2.14. The van der Waals surface area contributed by atoms with E-state index in [1.165, 1.54) is 0 Å². The summed E-state index contributed by atoms with van der Waals surface area (Å²) in [5, 5.41) is 3.18. The van der Waals surface area contributed by atoms with Crippen LogP contribution >= 0.6 is 0 Å². The van der Waals surface area contributed by atoms with Crippen LogP contribution in [-0.2, 0) is 4.79 Å². The minimum Gasteiger partial charge on any atom is -0.491 e. The molecule has 2 unspecified atom stereocenters. The van der Waals surface area contributed by atoms with Crippen LogP contribution < -0.4 is 10.1 Å². The lowest BCUT2D eigenvalue weighted by molar-refractivity contribution is -0.129. The number of benzene rings is 1. The maximum Gasteiger partial charge on any atom is 0.244 e. The third-order valence-corrected chi connectivity index (χ3v) is 2.94. The molecule has 0 spiro atoms. The van der Waals surface area contributed by atoms with Crippen LogP contribution in [0, 0.1) is 0 Å². The summed E-state index contributed by atoms with van der Waals surface area (Å²) < 4.78 is 5.76. The Labute approximate surface area is 115 Å². The van der Waals surface area contributed by atoms with E-state index in [1.54, 1.807) is 19.0 Å². The number of carbonyl (C=O) groups excluding carboxylic acids is 1. The first kappa shape index (κ1) is 15.3. The number of hydrogen-bond acceptors (Lipinski definition) is 3. The highest BCUT2D eigenvalue weighted by Crippen LogP contribution is 2.20. The standard InChI is InChI=1S/C15H24N2O2/c1-6-11(2)19-14-9-7-8-13(10-14)16-12(3)15(18)17(4)5/h7-12,16H,6H2,1-5H3. The summed E-state index contributed by atoms with van der Waals surface area (Å²) in [5.41, 5.74) is 0.892. The van der Waals surface area contributed by atoms with Crippen LogP contribution in [0.5, 0.6) is 5.75 Å². The molecule has 4 nitrogen and oxygen atoms in total. The Morgan fingerprint density at radius 3 is 2.63 bits per heavy atom. The normalized spacial score (nSPS) is 13.5. The van der Waals surface area contributed by atoms with Crippen LogP contribution in [0.3, 0.4) is 0 Å². The van der Waals surface area contributed by atoms with Crippen LogP contribution in [0.15, 0.2) is 24.3 Å². The van der Waals surface area contributed by atoms with Crippen molar-refractivity contribution in [2.45, 2.75) is 39.3 Å². The predicted molar refractivity (Wildman–Crippen MR) is 78.6 cm³/mol. The molecule has 1 aromatic rings. The Balaban J connectivity index is 2.69. The molecule has 1 amide bonds. The van der Waals surface area contributed by atoms with E-state index < -0.39 is 0 Å². The van der Waals surface area contributed by atoms with Gasteiger partial charge in [0, 0.05) is 25.8 Å². The van der Waals surface area contributed by atoms with Crippen molar-refractivity contribution in [3.05, 3.63) is 24.3 Å². The van der Waals surface area contributed by atoms with E-state index in [1.807, 2.05) is 38.1 Å². The van der Waals surface area contributed by atoms with E-state index in [0.29, 0.717) is 0 Å². The van der Waals surface area contributed by atoms with Gasteiger partial charge in [0.05, 0.1) is 6.10 Å². The number of likely N-dealkylation sites (N-methyl/N-ethyl adjacent to an activating group) is 1. The molecule has 1 N–H and O–H groups in total. The Bertz CT molecular complexity index is 418. The second-order valence-electron chi connectivity index (χ2n) is 4.96. The molecule has 0 heterocycles. The molecule has 0 saturated heterocycles. The monoisotopic (exact) mass is 264 g/mol. The number of hydrogen-bond donors (Lipinski definition) is 1. The van der Waals surface area contributed by atoms with Gasteiger partial charge in [-0.3, -0.25) is 4.79 Å². The second kappa shape index (κ2) is 7.02. The van der Waals surface area contributed by atoms with Crippen molar-refractivity contribution in [2.24, 2.45) is 0 Å². The molecule has 106 valence electrons. The first-order chi connectivity index (χ1) is 8.93. The van der Waals surface area contributed by atoms with Crippen LogP contribution in [0.25, 0.3) is 0 Å². The van der Waals surface area contributed by atoms with Gasteiger partial charge in [0.25, 0.3) is 0 Å². The highest BCUT2D eigenvalue weighted by molar-refractivity contribution is 5.83. The molecular formula is C15H24N2O2. The Morgan fingerprint density at radius 1 is 1.37 bits per heavy atom. The number of anilines is 1. The van der Waals surface area contributed by atoms with Crippen molar-refractivity contribution in [1.29, 1.82) is 0 Å². The zero-order valence-corrected chi connectivity index (χ0v) is 12.4. The minimum atomic E-state index is -0.256. The van der Waals surface area contributed by atoms with Crippen LogP contribution in [0.4, 0.5) is 5.69 Å². The number of nitrogens with one attached hydrogen (secondary N) is 1. The maximum absolute atomic E-state index is 11.8. The summed E-state index contributed by atoms with van der Waals surface area (Å²) in [6.07, 6.45) is 1.16. The van der Waals surface area contributed by atoms with Crippen LogP contribution in [-0.4, -0.2) is 37.0 Å². The molecule has 0 fully saturated rings. The van der Waals surface area contributed by atoms with Gasteiger partial charge in [-0.1, -0.05) is 13.0 Å². The lowest BCUT2D eigenvalue weighted by Crippen LogP contribution is -2.36. The number of carbonyl (C=O) groups is 1. The fraction of sp³-hybridized carbons (Fsp3) is 0.533. The van der Waals surface area contributed by atoms with Crippen molar-refractivity contribution >= 4 is 11.6 Å². The van der Waals surface area contributed by atoms with Crippen LogP contribution in [0.1, 0.15) is 27.2 Å². The average molecular weight is 264 g/mol. The van der Waals surface area contributed by atoms with Crippen LogP contribution in [0.2, 0.25) is 0 Å². The average Bonchev–Trinajstić information content (AvgIpc) is 2.37. The number of ether oxygens (including phenoxy) is 1. The number of rotatable bonds is 6. The quantitative estimate of drug-likeness (QED) is 0.859. The summed E-state index contributed by atoms with van der Waals surface area (Å²) in [4.78, 5) is 13.4. The molecule has 0 aromatic heterocycles. The first-order valence-electron chi connectivity index (χ1n) is 6.68. The van der Waals surface area contributed by atoms with Gasteiger partial charge in [-0.15, -0.1) is 0 Å². The largest absolute Gasteiger partial charge is 0.491 e. The Hall–Kier alpha value is -1.71. The van der Waals surface area contributed by atoms with E-state index in [9.17, 15) is 4.79 Å². The van der Waals surface area contributed by atoms with Gasteiger partial charge in [-0.2, -0.15) is 0 Å². The number of amides is 1. The smallest absolute Gasteiger partial charge is 0.244 e. The summed E-state index contributed by atoms with van der Waals surface area (Å²) in [5.74, 6) is 0.872. The SMILES string of the molecule is CCC(C)Oc1cccc(NC(C)C(=O)N(C)C)c1. The molecule has 4 heteroatoms. The fourth-order valence-electron chi connectivity index (χ4n) is 1.67. The van der Waals surface area contributed by atoms with Gasteiger partial charge in [-0.25, -0.2) is 0 Å². The van der Waals surface area contributed by atoms with Gasteiger partial charge >= 0.3 is 0 Å². The second-order valence-corrected chi connectivity index (χ2v) is 4.96. The van der Waals surface area contributed by atoms with E-state index in [0.717, 1.165) is 17.9 Å².